The zero-order valence-electron chi connectivity index (χ0n) is 12.1. The summed E-state index contributed by atoms with van der Waals surface area (Å²) < 4.78 is 28.0. The maximum Gasteiger partial charge on any atom is 0.245 e. The van der Waals surface area contributed by atoms with Crippen molar-refractivity contribution in [1.29, 1.82) is 0 Å². The highest BCUT2D eigenvalue weighted by atomic mass is 79.9. The van der Waals surface area contributed by atoms with Gasteiger partial charge in [-0.3, -0.25) is 4.79 Å². The van der Waals surface area contributed by atoms with Crippen molar-refractivity contribution in [3.63, 3.8) is 0 Å². The molecule has 2 aromatic carbocycles. The van der Waals surface area contributed by atoms with Crippen LogP contribution in [-0.4, -0.2) is 26.9 Å². The molecular formula is C16H15BrN2O3S. The monoisotopic (exact) mass is 394 g/mol. The van der Waals surface area contributed by atoms with Gasteiger partial charge in [0.05, 0.1) is 4.90 Å². The lowest BCUT2D eigenvalue weighted by atomic mass is 10.3. The largest absolute Gasteiger partial charge is 0.311 e. The number of hydrogen-bond acceptors (Lipinski definition) is 3. The first kappa shape index (κ1) is 16.2. The zero-order chi connectivity index (χ0) is 16.4. The molecule has 3 rings (SSSR count). The summed E-state index contributed by atoms with van der Waals surface area (Å²) >= 11 is 3.23. The van der Waals surface area contributed by atoms with Crippen LogP contribution in [0.15, 0.2) is 64.0 Å². The fourth-order valence-electron chi connectivity index (χ4n) is 2.57. The summed E-state index contributed by atoms with van der Waals surface area (Å²) in [6.45, 7) is 0.492. The lowest BCUT2D eigenvalue weighted by Gasteiger charge is -2.17. The Morgan fingerprint density at radius 2 is 1.70 bits per heavy atom. The summed E-state index contributed by atoms with van der Waals surface area (Å²) in [7, 11) is -3.76. The van der Waals surface area contributed by atoms with E-state index in [-0.39, 0.29) is 10.8 Å². The van der Waals surface area contributed by atoms with Crippen LogP contribution in [0.25, 0.3) is 0 Å². The van der Waals surface area contributed by atoms with Gasteiger partial charge in [0.1, 0.15) is 6.04 Å². The second kappa shape index (κ2) is 6.43. The predicted octanol–water partition coefficient (Wildman–Crippen LogP) is 2.53. The van der Waals surface area contributed by atoms with Gasteiger partial charge in [-0.2, -0.15) is 4.72 Å². The highest BCUT2D eigenvalue weighted by Crippen LogP contribution is 2.25. The minimum absolute atomic E-state index is 0.131. The van der Waals surface area contributed by atoms with Crippen LogP contribution in [-0.2, 0) is 14.8 Å². The van der Waals surface area contributed by atoms with Gasteiger partial charge >= 0.3 is 0 Å². The Balaban J connectivity index is 1.79. The predicted molar refractivity (Wildman–Crippen MR) is 91.7 cm³/mol. The average Bonchev–Trinajstić information content (AvgIpc) is 2.89. The van der Waals surface area contributed by atoms with Crippen LogP contribution < -0.4 is 9.62 Å². The van der Waals surface area contributed by atoms with Gasteiger partial charge in [0.25, 0.3) is 0 Å². The van der Waals surface area contributed by atoms with E-state index < -0.39 is 16.1 Å². The van der Waals surface area contributed by atoms with E-state index in [4.69, 9.17) is 0 Å². The Hall–Kier alpha value is -1.70. The van der Waals surface area contributed by atoms with Crippen LogP contribution in [0.4, 0.5) is 5.69 Å². The molecule has 1 aliphatic heterocycles. The second-order valence-electron chi connectivity index (χ2n) is 5.22. The molecule has 0 spiro atoms. The van der Waals surface area contributed by atoms with E-state index in [1.165, 1.54) is 6.07 Å². The van der Waals surface area contributed by atoms with Gasteiger partial charge in [-0.05, 0) is 46.6 Å². The van der Waals surface area contributed by atoms with Gasteiger partial charge in [-0.25, -0.2) is 8.42 Å². The maximum atomic E-state index is 12.5. The van der Waals surface area contributed by atoms with Crippen LogP contribution in [0.5, 0.6) is 0 Å². The van der Waals surface area contributed by atoms with E-state index in [0.29, 0.717) is 17.4 Å². The molecule has 1 atom stereocenters. The quantitative estimate of drug-likeness (QED) is 0.866. The van der Waals surface area contributed by atoms with E-state index in [0.717, 1.165) is 5.69 Å². The summed E-state index contributed by atoms with van der Waals surface area (Å²) in [4.78, 5) is 14.2. The zero-order valence-corrected chi connectivity index (χ0v) is 14.5. The standard InChI is InChI=1S/C16H15BrN2O3S/c17-13-8-4-5-9-15(13)23(21,22)18-14-10-11-19(16(14)20)12-6-2-1-3-7-12/h1-9,14,18H,10-11H2/t14-/m1/s1. The molecule has 7 heteroatoms. The molecule has 0 saturated carbocycles. The molecule has 1 fully saturated rings. The molecule has 1 heterocycles. The maximum absolute atomic E-state index is 12.5. The van der Waals surface area contributed by atoms with Gasteiger partial charge < -0.3 is 4.90 Å². The highest BCUT2D eigenvalue weighted by Gasteiger charge is 2.35. The highest BCUT2D eigenvalue weighted by molar-refractivity contribution is 9.10. The minimum Gasteiger partial charge on any atom is -0.311 e. The Labute approximate surface area is 143 Å². The summed E-state index contributed by atoms with van der Waals surface area (Å²) in [6, 6.07) is 15.0. The molecular weight excluding hydrogens is 380 g/mol. The molecule has 120 valence electrons. The van der Waals surface area contributed by atoms with Crippen LogP contribution in [0.3, 0.4) is 0 Å². The normalized spacial score (nSPS) is 18.4. The van der Waals surface area contributed by atoms with Crippen LogP contribution in [0, 0.1) is 0 Å². The summed E-state index contributed by atoms with van der Waals surface area (Å²) in [5, 5.41) is 0. The number of rotatable bonds is 4. The van der Waals surface area contributed by atoms with Crippen LogP contribution in [0.2, 0.25) is 0 Å². The summed E-state index contributed by atoms with van der Waals surface area (Å²) in [6.07, 6.45) is 0.442. The molecule has 2 aromatic rings. The van der Waals surface area contributed by atoms with E-state index in [1.807, 2.05) is 30.3 Å². The van der Waals surface area contributed by atoms with Crippen LogP contribution in [0.1, 0.15) is 6.42 Å². The minimum atomic E-state index is -3.76. The van der Waals surface area contributed by atoms with E-state index in [9.17, 15) is 13.2 Å². The molecule has 1 aliphatic rings. The van der Waals surface area contributed by atoms with Gasteiger partial charge in [0.2, 0.25) is 15.9 Å². The number of halogens is 1. The molecule has 0 radical (unpaired) electrons. The molecule has 1 amide bonds. The third kappa shape index (κ3) is 3.31. The first-order chi connectivity index (χ1) is 11.0. The Kier molecular flexibility index (Phi) is 4.52. The van der Waals surface area contributed by atoms with Crippen molar-refractivity contribution in [2.24, 2.45) is 0 Å². The summed E-state index contributed by atoms with van der Waals surface area (Å²) in [5.41, 5.74) is 0.778. The van der Waals surface area contributed by atoms with Crippen molar-refractivity contribution in [2.45, 2.75) is 17.4 Å². The first-order valence-electron chi connectivity index (χ1n) is 7.12. The number of benzene rings is 2. The van der Waals surface area contributed by atoms with Crippen LogP contribution >= 0.6 is 15.9 Å². The second-order valence-corrected chi connectivity index (χ2v) is 7.76. The number of hydrogen-bond donors (Lipinski definition) is 1. The molecule has 1 N–H and O–H groups in total. The van der Waals surface area contributed by atoms with E-state index >= 15 is 0 Å². The fraction of sp³-hybridized carbons (Fsp3) is 0.188. The van der Waals surface area contributed by atoms with Crippen molar-refractivity contribution in [2.75, 3.05) is 11.4 Å². The van der Waals surface area contributed by atoms with Crippen molar-refractivity contribution in [3.8, 4) is 0 Å². The number of carbonyl (C=O) groups is 1. The number of sulfonamides is 1. The molecule has 0 aliphatic carbocycles. The molecule has 23 heavy (non-hydrogen) atoms. The first-order valence-corrected chi connectivity index (χ1v) is 9.40. The van der Waals surface area contributed by atoms with Crippen molar-refractivity contribution in [3.05, 3.63) is 59.1 Å². The number of nitrogens with zero attached hydrogens (tertiary/aromatic N) is 1. The smallest absolute Gasteiger partial charge is 0.245 e. The Morgan fingerprint density at radius 3 is 2.39 bits per heavy atom. The topological polar surface area (TPSA) is 66.5 Å². The number of para-hydroxylation sites is 1. The molecule has 0 aromatic heterocycles. The Bertz CT molecular complexity index is 824. The van der Waals surface area contributed by atoms with Gasteiger partial charge in [0.15, 0.2) is 0 Å². The van der Waals surface area contributed by atoms with E-state index in [2.05, 4.69) is 20.7 Å². The molecule has 1 saturated heterocycles. The number of anilines is 1. The number of carbonyl (C=O) groups excluding carboxylic acids is 1. The third-order valence-electron chi connectivity index (χ3n) is 3.70. The fourth-order valence-corrected chi connectivity index (χ4v) is 4.79. The van der Waals surface area contributed by atoms with Crippen molar-refractivity contribution < 1.29 is 13.2 Å². The third-order valence-corrected chi connectivity index (χ3v) is 6.18. The average molecular weight is 395 g/mol. The SMILES string of the molecule is O=C1[C@H](NS(=O)(=O)c2ccccc2Br)CCN1c1ccccc1. The Morgan fingerprint density at radius 1 is 1.04 bits per heavy atom. The van der Waals surface area contributed by atoms with Crippen molar-refractivity contribution >= 4 is 37.5 Å². The number of amides is 1. The van der Waals surface area contributed by atoms with Gasteiger partial charge in [-0.15, -0.1) is 0 Å². The lowest BCUT2D eigenvalue weighted by Crippen LogP contribution is -2.41. The summed E-state index contributed by atoms with van der Waals surface area (Å²) in [5.74, 6) is -0.230. The molecule has 0 bridgehead atoms. The van der Waals surface area contributed by atoms with Gasteiger partial charge in [-0.1, -0.05) is 30.3 Å². The molecule has 5 nitrogen and oxygen atoms in total. The van der Waals surface area contributed by atoms with E-state index in [1.54, 1.807) is 23.1 Å². The lowest BCUT2D eigenvalue weighted by molar-refractivity contribution is -0.118. The van der Waals surface area contributed by atoms with Crippen molar-refractivity contribution in [1.82, 2.24) is 4.72 Å². The molecule has 0 unspecified atom stereocenters. The number of nitrogens with one attached hydrogen (secondary N) is 1. The van der Waals surface area contributed by atoms with Gasteiger partial charge in [0, 0.05) is 16.7 Å².